The number of halogens is 4. The quantitative estimate of drug-likeness (QED) is 0.843. The monoisotopic (exact) mass is 326 g/mol. The summed E-state index contributed by atoms with van der Waals surface area (Å²) in [5, 5.41) is 2.42. The van der Waals surface area contributed by atoms with Crippen LogP contribution in [0.4, 0.5) is 18.9 Å². The summed E-state index contributed by atoms with van der Waals surface area (Å²) >= 11 is 0. The number of nitrogens with two attached hydrogens (primary N) is 1. The maximum Gasteiger partial charge on any atom is 0.416 e. The molecule has 0 aliphatic rings. The SMILES string of the molecule is CCOc1ccc(C(F)(F)F)cc1NC(=O)CCCN.Cl. The molecule has 0 aromatic heterocycles. The van der Waals surface area contributed by atoms with Gasteiger partial charge in [0, 0.05) is 6.42 Å². The third-order valence-corrected chi connectivity index (χ3v) is 2.49. The smallest absolute Gasteiger partial charge is 0.416 e. The number of alkyl halides is 3. The van der Waals surface area contributed by atoms with Gasteiger partial charge < -0.3 is 15.8 Å². The molecule has 0 radical (unpaired) electrons. The van der Waals surface area contributed by atoms with E-state index in [0.29, 0.717) is 13.0 Å². The van der Waals surface area contributed by atoms with Crippen molar-refractivity contribution in [1.29, 1.82) is 0 Å². The van der Waals surface area contributed by atoms with Gasteiger partial charge in [-0.2, -0.15) is 13.2 Å². The molecule has 0 fully saturated rings. The lowest BCUT2D eigenvalue weighted by Crippen LogP contribution is -2.15. The Morgan fingerprint density at radius 1 is 1.38 bits per heavy atom. The maximum absolute atomic E-state index is 12.7. The van der Waals surface area contributed by atoms with Gasteiger partial charge in [0.2, 0.25) is 5.91 Å². The molecule has 4 nitrogen and oxygen atoms in total. The van der Waals surface area contributed by atoms with E-state index in [1.807, 2.05) is 0 Å². The molecule has 0 heterocycles. The zero-order valence-electron chi connectivity index (χ0n) is 11.5. The molecule has 0 saturated heterocycles. The highest BCUT2D eigenvalue weighted by atomic mass is 35.5. The van der Waals surface area contributed by atoms with E-state index in [1.165, 1.54) is 6.07 Å². The Kier molecular flexibility index (Phi) is 8.12. The molecule has 0 atom stereocenters. The molecular weight excluding hydrogens is 309 g/mol. The molecule has 0 unspecified atom stereocenters. The van der Waals surface area contributed by atoms with Gasteiger partial charge >= 0.3 is 6.18 Å². The fraction of sp³-hybridized carbons (Fsp3) is 0.462. The van der Waals surface area contributed by atoms with Crippen molar-refractivity contribution >= 4 is 24.0 Å². The lowest BCUT2D eigenvalue weighted by atomic mass is 10.1. The van der Waals surface area contributed by atoms with Crippen LogP contribution in [-0.4, -0.2) is 19.1 Å². The second kappa shape index (κ2) is 8.74. The minimum absolute atomic E-state index is 0. The van der Waals surface area contributed by atoms with Gasteiger partial charge in [0.1, 0.15) is 5.75 Å². The number of hydrogen-bond donors (Lipinski definition) is 2. The van der Waals surface area contributed by atoms with Crippen LogP contribution in [0, 0.1) is 0 Å². The fourth-order valence-electron chi connectivity index (χ4n) is 1.56. The largest absolute Gasteiger partial charge is 0.492 e. The van der Waals surface area contributed by atoms with Gasteiger partial charge in [0.15, 0.2) is 0 Å². The van der Waals surface area contributed by atoms with Crippen molar-refractivity contribution in [1.82, 2.24) is 0 Å². The van der Waals surface area contributed by atoms with E-state index >= 15 is 0 Å². The Balaban J connectivity index is 0.00000400. The normalized spacial score (nSPS) is 10.7. The van der Waals surface area contributed by atoms with Crippen LogP contribution >= 0.6 is 12.4 Å². The number of benzene rings is 1. The van der Waals surface area contributed by atoms with Crippen molar-refractivity contribution < 1.29 is 22.7 Å². The van der Waals surface area contributed by atoms with Crippen molar-refractivity contribution in [2.24, 2.45) is 5.73 Å². The third kappa shape index (κ3) is 6.22. The van der Waals surface area contributed by atoms with E-state index in [-0.39, 0.29) is 36.9 Å². The van der Waals surface area contributed by atoms with Crippen LogP contribution in [-0.2, 0) is 11.0 Å². The Bertz CT molecular complexity index is 467. The van der Waals surface area contributed by atoms with Gasteiger partial charge in [-0.05, 0) is 38.1 Å². The number of carbonyl (C=O) groups is 1. The van der Waals surface area contributed by atoms with Crippen molar-refractivity contribution in [2.75, 3.05) is 18.5 Å². The molecule has 0 aliphatic carbocycles. The molecule has 0 saturated carbocycles. The minimum Gasteiger partial charge on any atom is -0.492 e. The molecule has 1 aromatic carbocycles. The third-order valence-electron chi connectivity index (χ3n) is 2.49. The first-order chi connectivity index (χ1) is 9.38. The summed E-state index contributed by atoms with van der Waals surface area (Å²) in [4.78, 5) is 11.6. The summed E-state index contributed by atoms with van der Waals surface area (Å²) in [5.41, 5.74) is 4.45. The summed E-state index contributed by atoms with van der Waals surface area (Å²) in [7, 11) is 0. The molecule has 1 rings (SSSR count). The van der Waals surface area contributed by atoms with Crippen LogP contribution in [0.15, 0.2) is 18.2 Å². The first kappa shape index (κ1) is 19.5. The number of ether oxygens (including phenoxy) is 1. The minimum atomic E-state index is -4.47. The average molecular weight is 327 g/mol. The first-order valence-electron chi connectivity index (χ1n) is 6.22. The summed E-state index contributed by atoms with van der Waals surface area (Å²) in [5.74, 6) is -0.183. The number of carbonyl (C=O) groups excluding carboxylic acids is 1. The Labute approximate surface area is 127 Å². The summed E-state index contributed by atoms with van der Waals surface area (Å²) < 4.78 is 43.2. The molecule has 0 bridgehead atoms. The summed E-state index contributed by atoms with van der Waals surface area (Å²) in [6.07, 6.45) is -3.85. The zero-order valence-corrected chi connectivity index (χ0v) is 12.3. The van der Waals surface area contributed by atoms with Crippen LogP contribution in [0.3, 0.4) is 0 Å². The predicted octanol–water partition coefficient (Wildman–Crippen LogP) is 3.20. The van der Waals surface area contributed by atoms with E-state index in [9.17, 15) is 18.0 Å². The van der Waals surface area contributed by atoms with E-state index in [0.717, 1.165) is 12.1 Å². The molecule has 0 spiro atoms. The number of nitrogens with one attached hydrogen (secondary N) is 1. The molecule has 21 heavy (non-hydrogen) atoms. The molecule has 8 heteroatoms. The van der Waals surface area contributed by atoms with Crippen molar-refractivity contribution in [2.45, 2.75) is 25.9 Å². The summed E-state index contributed by atoms with van der Waals surface area (Å²) in [6, 6.07) is 2.98. The average Bonchev–Trinajstić information content (AvgIpc) is 2.37. The van der Waals surface area contributed by atoms with Gasteiger partial charge in [0.25, 0.3) is 0 Å². The summed E-state index contributed by atoms with van der Waals surface area (Å²) in [6.45, 7) is 2.34. The number of hydrogen-bond acceptors (Lipinski definition) is 3. The standard InChI is InChI=1S/C13H17F3N2O2.ClH/c1-2-20-11-6-5-9(13(14,15)16)8-10(11)18-12(19)4-3-7-17;/h5-6,8H,2-4,7,17H2,1H3,(H,18,19);1H. The Hall–Kier alpha value is -1.47. The molecule has 0 aliphatic heterocycles. The molecular formula is C13H18ClF3N2O2. The zero-order chi connectivity index (χ0) is 15.2. The lowest BCUT2D eigenvalue weighted by molar-refractivity contribution is -0.137. The maximum atomic E-state index is 12.7. The number of amides is 1. The van der Waals surface area contributed by atoms with E-state index in [4.69, 9.17) is 10.5 Å². The van der Waals surface area contributed by atoms with Crippen LogP contribution in [0.25, 0.3) is 0 Å². The van der Waals surface area contributed by atoms with Crippen molar-refractivity contribution in [3.63, 3.8) is 0 Å². The van der Waals surface area contributed by atoms with E-state index < -0.39 is 17.6 Å². The van der Waals surface area contributed by atoms with E-state index in [2.05, 4.69) is 5.32 Å². The second-order valence-electron chi connectivity index (χ2n) is 4.08. The number of anilines is 1. The molecule has 1 amide bonds. The van der Waals surface area contributed by atoms with Crippen LogP contribution < -0.4 is 15.8 Å². The molecule has 3 N–H and O–H groups in total. The van der Waals surface area contributed by atoms with Crippen LogP contribution in [0.1, 0.15) is 25.3 Å². The topological polar surface area (TPSA) is 64.3 Å². The highest BCUT2D eigenvalue weighted by Crippen LogP contribution is 2.35. The van der Waals surface area contributed by atoms with Crippen LogP contribution in [0.5, 0.6) is 5.75 Å². The highest BCUT2D eigenvalue weighted by Gasteiger charge is 2.31. The fourth-order valence-corrected chi connectivity index (χ4v) is 1.56. The van der Waals surface area contributed by atoms with Gasteiger partial charge in [-0.25, -0.2) is 0 Å². The molecule has 1 aromatic rings. The van der Waals surface area contributed by atoms with Crippen molar-refractivity contribution in [3.05, 3.63) is 23.8 Å². The van der Waals surface area contributed by atoms with Crippen molar-refractivity contribution in [3.8, 4) is 5.75 Å². The molecule has 120 valence electrons. The van der Waals surface area contributed by atoms with Gasteiger partial charge in [0.05, 0.1) is 17.9 Å². The first-order valence-corrected chi connectivity index (χ1v) is 6.22. The Morgan fingerprint density at radius 3 is 2.57 bits per heavy atom. The van der Waals surface area contributed by atoms with E-state index in [1.54, 1.807) is 6.92 Å². The number of rotatable bonds is 6. The van der Waals surface area contributed by atoms with Crippen LogP contribution in [0.2, 0.25) is 0 Å². The van der Waals surface area contributed by atoms with Gasteiger partial charge in [-0.1, -0.05) is 0 Å². The second-order valence-corrected chi connectivity index (χ2v) is 4.08. The Morgan fingerprint density at radius 2 is 2.05 bits per heavy atom. The highest BCUT2D eigenvalue weighted by molar-refractivity contribution is 5.92. The lowest BCUT2D eigenvalue weighted by Gasteiger charge is -2.14. The van der Waals surface area contributed by atoms with Gasteiger partial charge in [-0.3, -0.25) is 4.79 Å². The predicted molar refractivity (Wildman–Crippen MR) is 76.8 cm³/mol. The van der Waals surface area contributed by atoms with Gasteiger partial charge in [-0.15, -0.1) is 12.4 Å².